The minimum atomic E-state index is -4.44. The molecule has 0 aliphatic carbocycles. The topological polar surface area (TPSA) is 18.5 Å². The second kappa shape index (κ2) is 5.45. The number of rotatable bonds is 3. The maximum Gasteiger partial charge on any atom is 0.417 e. The molecule has 0 aliphatic rings. The van der Waals surface area contributed by atoms with Gasteiger partial charge in [-0.2, -0.15) is 13.2 Å². The Balaban J connectivity index is 2.62. The lowest BCUT2D eigenvalue weighted by atomic mass is 9.99. The predicted octanol–water partition coefficient (Wildman–Crippen LogP) is 4.19. The number of hydrogen-bond acceptors (Lipinski definition) is 2. The molecule has 0 saturated carbocycles. The van der Waals surface area contributed by atoms with Gasteiger partial charge in [0, 0.05) is 6.07 Å². The average molecular weight is 281 g/mol. The minimum Gasteiger partial charge on any atom is -0.497 e. The quantitative estimate of drug-likeness (QED) is 0.839. The Bertz CT molecular complexity index is 584. The normalized spacial score (nSPS) is 11.2. The van der Waals surface area contributed by atoms with Gasteiger partial charge in [0.25, 0.3) is 0 Å². The molecule has 0 aromatic heterocycles. The van der Waals surface area contributed by atoms with E-state index >= 15 is 0 Å². The predicted molar refractivity (Wildman–Crippen MR) is 68.8 cm³/mol. The molecule has 0 atom stereocenters. The molecule has 0 spiro atoms. The van der Waals surface area contributed by atoms with Crippen LogP contribution in [0.5, 0.6) is 11.5 Å². The number of alkyl halides is 3. The van der Waals surface area contributed by atoms with E-state index in [9.17, 15) is 13.2 Å². The fourth-order valence-corrected chi connectivity index (χ4v) is 1.88. The molecule has 0 bridgehead atoms. The van der Waals surface area contributed by atoms with Gasteiger partial charge in [0.1, 0.15) is 11.5 Å². The summed E-state index contributed by atoms with van der Waals surface area (Å²) < 4.78 is 49.2. The molecule has 2 aromatic rings. The third kappa shape index (κ3) is 2.87. The Morgan fingerprint density at radius 2 is 1.60 bits per heavy atom. The summed E-state index contributed by atoms with van der Waals surface area (Å²) >= 11 is 0. The van der Waals surface area contributed by atoms with Crippen LogP contribution in [0.15, 0.2) is 36.4 Å². The Kier molecular flexibility index (Phi) is 3.88. The van der Waals surface area contributed by atoms with Crippen LogP contribution in [0.4, 0.5) is 13.2 Å². The highest BCUT2D eigenvalue weighted by molar-refractivity contribution is 5.71. The van der Waals surface area contributed by atoms with E-state index in [4.69, 9.17) is 9.47 Å². The van der Waals surface area contributed by atoms with E-state index in [-0.39, 0.29) is 5.56 Å². The van der Waals surface area contributed by atoms with Gasteiger partial charge in [0.15, 0.2) is 0 Å². The molecule has 2 nitrogen and oxygen atoms in total. The summed E-state index contributed by atoms with van der Waals surface area (Å²) in [5, 5.41) is 0. The van der Waals surface area contributed by atoms with E-state index in [1.807, 2.05) is 0 Å². The molecule has 0 saturated heterocycles. The molecule has 0 fully saturated rings. The van der Waals surface area contributed by atoms with Gasteiger partial charge in [-0.15, -0.1) is 0 Å². The maximum absolute atomic E-state index is 13.0. The fraction of sp³-hybridized carbons (Fsp3) is 0.200. The summed E-state index contributed by atoms with van der Waals surface area (Å²) in [6, 6.07) is 10.9. The van der Waals surface area contributed by atoms with Crippen LogP contribution in [0.25, 0.3) is 11.1 Å². The zero-order valence-corrected chi connectivity index (χ0v) is 10.9. The second-order valence-electron chi connectivity index (χ2n) is 4.07. The molecule has 0 amide bonds. The van der Waals surface area contributed by atoms with Gasteiger partial charge in [-0.25, -0.2) is 0 Å². The van der Waals surface area contributed by atoms with Crippen molar-refractivity contribution in [3.05, 3.63) is 48.0 Å². The summed E-state index contributed by atoms with van der Waals surface area (Å²) in [6.45, 7) is 0. The zero-order chi connectivity index (χ0) is 14.8. The molecule has 1 radical (unpaired) electrons. The Morgan fingerprint density at radius 1 is 1.00 bits per heavy atom. The lowest BCUT2D eigenvalue weighted by Crippen LogP contribution is -2.07. The lowest BCUT2D eigenvalue weighted by Gasteiger charge is -2.14. The van der Waals surface area contributed by atoms with Gasteiger partial charge in [-0.1, -0.05) is 12.1 Å². The summed E-state index contributed by atoms with van der Waals surface area (Å²) in [5.41, 5.74) is -0.300. The first-order valence-electron chi connectivity index (χ1n) is 5.76. The maximum atomic E-state index is 13.0. The van der Waals surface area contributed by atoms with Crippen LogP contribution >= 0.6 is 0 Å². The van der Waals surface area contributed by atoms with E-state index in [0.29, 0.717) is 17.1 Å². The van der Waals surface area contributed by atoms with Crippen LogP contribution in [0.1, 0.15) is 5.56 Å². The molecule has 2 rings (SSSR count). The zero-order valence-electron chi connectivity index (χ0n) is 10.9. The number of methoxy groups -OCH3 is 2. The van der Waals surface area contributed by atoms with Crippen molar-refractivity contribution < 1.29 is 22.6 Å². The number of benzene rings is 2. The smallest absolute Gasteiger partial charge is 0.417 e. The molecular formula is C15H12F3O2. The van der Waals surface area contributed by atoms with Crippen LogP contribution in [-0.4, -0.2) is 14.2 Å². The molecule has 2 aromatic carbocycles. The van der Waals surface area contributed by atoms with Gasteiger partial charge in [0.05, 0.1) is 19.8 Å². The van der Waals surface area contributed by atoms with Crippen molar-refractivity contribution in [2.45, 2.75) is 6.18 Å². The molecular weight excluding hydrogens is 269 g/mol. The minimum absolute atomic E-state index is 0.0634. The molecule has 0 unspecified atom stereocenters. The number of hydrogen-bond donors (Lipinski definition) is 0. The van der Waals surface area contributed by atoms with E-state index in [1.54, 1.807) is 6.07 Å². The lowest BCUT2D eigenvalue weighted by molar-refractivity contribution is -0.137. The largest absolute Gasteiger partial charge is 0.497 e. The van der Waals surface area contributed by atoms with Crippen molar-refractivity contribution >= 4 is 0 Å². The fourth-order valence-electron chi connectivity index (χ4n) is 1.88. The van der Waals surface area contributed by atoms with Crippen LogP contribution in [0, 0.1) is 6.07 Å². The summed E-state index contributed by atoms with van der Waals surface area (Å²) in [4.78, 5) is 0. The molecule has 5 heteroatoms. The van der Waals surface area contributed by atoms with Crippen molar-refractivity contribution in [1.29, 1.82) is 0 Å². The Labute approximate surface area is 114 Å². The third-order valence-electron chi connectivity index (χ3n) is 2.83. The van der Waals surface area contributed by atoms with Gasteiger partial charge >= 0.3 is 6.18 Å². The number of halogens is 3. The highest BCUT2D eigenvalue weighted by atomic mass is 19.4. The van der Waals surface area contributed by atoms with Crippen LogP contribution in [0.2, 0.25) is 0 Å². The van der Waals surface area contributed by atoms with Crippen LogP contribution < -0.4 is 9.47 Å². The molecule has 0 N–H and O–H groups in total. The van der Waals surface area contributed by atoms with E-state index < -0.39 is 11.7 Å². The Morgan fingerprint density at radius 3 is 2.10 bits per heavy atom. The van der Waals surface area contributed by atoms with E-state index in [0.717, 1.165) is 6.07 Å². The van der Waals surface area contributed by atoms with Gasteiger partial charge < -0.3 is 9.47 Å². The SMILES string of the molecule is COc1cc(OC)cc(-c2cc[c]cc2C(F)(F)F)c1. The summed E-state index contributed by atoms with van der Waals surface area (Å²) in [5.74, 6) is 0.862. The number of ether oxygens (including phenoxy) is 2. The highest BCUT2D eigenvalue weighted by Gasteiger charge is 2.33. The monoisotopic (exact) mass is 281 g/mol. The molecule has 0 aliphatic heterocycles. The van der Waals surface area contributed by atoms with Gasteiger partial charge in [0.2, 0.25) is 0 Å². The van der Waals surface area contributed by atoms with Crippen molar-refractivity contribution in [2.75, 3.05) is 14.2 Å². The van der Waals surface area contributed by atoms with Crippen molar-refractivity contribution in [1.82, 2.24) is 0 Å². The summed E-state index contributed by atoms with van der Waals surface area (Å²) in [6.07, 6.45) is -4.44. The van der Waals surface area contributed by atoms with E-state index in [2.05, 4.69) is 6.07 Å². The van der Waals surface area contributed by atoms with Gasteiger partial charge in [-0.05, 0) is 35.4 Å². The van der Waals surface area contributed by atoms with Crippen LogP contribution in [0.3, 0.4) is 0 Å². The second-order valence-corrected chi connectivity index (χ2v) is 4.07. The molecule has 105 valence electrons. The molecule has 20 heavy (non-hydrogen) atoms. The first-order chi connectivity index (χ1) is 9.45. The highest BCUT2D eigenvalue weighted by Crippen LogP contribution is 2.39. The summed E-state index contributed by atoms with van der Waals surface area (Å²) in [7, 11) is 2.89. The third-order valence-corrected chi connectivity index (χ3v) is 2.83. The Hall–Kier alpha value is -2.17. The first-order valence-corrected chi connectivity index (χ1v) is 5.76. The average Bonchev–Trinajstić information content (AvgIpc) is 2.45. The molecule has 0 heterocycles. The van der Waals surface area contributed by atoms with Crippen LogP contribution in [-0.2, 0) is 6.18 Å². The van der Waals surface area contributed by atoms with Crippen molar-refractivity contribution in [2.24, 2.45) is 0 Å². The first kappa shape index (κ1) is 14.2. The van der Waals surface area contributed by atoms with Crippen molar-refractivity contribution in [3.8, 4) is 22.6 Å². The standard InChI is InChI=1S/C15H12F3O2/c1-19-11-7-10(8-12(9-11)20-2)13-5-3-4-6-14(13)15(16,17)18/h3,5-9H,1-2H3. The van der Waals surface area contributed by atoms with Gasteiger partial charge in [-0.3, -0.25) is 0 Å². The van der Waals surface area contributed by atoms with E-state index in [1.165, 1.54) is 38.5 Å². The van der Waals surface area contributed by atoms with Crippen molar-refractivity contribution in [3.63, 3.8) is 0 Å².